The van der Waals surface area contributed by atoms with E-state index in [1.807, 2.05) is 7.05 Å². The highest BCUT2D eigenvalue weighted by Crippen LogP contribution is 2.29. The van der Waals surface area contributed by atoms with Crippen LogP contribution in [0.15, 0.2) is 0 Å². The van der Waals surface area contributed by atoms with Crippen LogP contribution in [0.4, 0.5) is 13.2 Å². The Morgan fingerprint density at radius 3 is 2.29 bits per heavy atom. The number of halogens is 3. The van der Waals surface area contributed by atoms with Gasteiger partial charge in [0, 0.05) is 0 Å². The molecule has 0 saturated carbocycles. The van der Waals surface area contributed by atoms with Gasteiger partial charge in [-0.1, -0.05) is 0 Å². The zero-order valence-corrected chi connectivity index (χ0v) is 8.22. The first-order valence-corrected chi connectivity index (χ1v) is 4.83. The van der Waals surface area contributed by atoms with Crippen LogP contribution in [0, 0.1) is 5.92 Å². The minimum atomic E-state index is -4.46. The monoisotopic (exact) mass is 211 g/mol. The lowest BCUT2D eigenvalue weighted by Gasteiger charge is -2.30. The number of likely N-dealkylation sites (tertiary alicyclic amines) is 1. The van der Waals surface area contributed by atoms with Crippen LogP contribution >= 0.6 is 0 Å². The minimum absolute atomic E-state index is 0.0165. The summed E-state index contributed by atoms with van der Waals surface area (Å²) in [5, 5.41) is 8.87. The summed E-state index contributed by atoms with van der Waals surface area (Å²) >= 11 is 0. The molecule has 0 aromatic heterocycles. The molecule has 0 aromatic carbocycles. The van der Waals surface area contributed by atoms with Gasteiger partial charge < -0.3 is 10.0 Å². The molecule has 14 heavy (non-hydrogen) atoms. The molecular weight excluding hydrogens is 195 g/mol. The average molecular weight is 211 g/mol. The number of aliphatic hydroxyl groups is 1. The second-order valence-electron chi connectivity index (χ2n) is 4.04. The zero-order chi connectivity index (χ0) is 10.8. The van der Waals surface area contributed by atoms with Gasteiger partial charge in [0.2, 0.25) is 0 Å². The van der Waals surface area contributed by atoms with E-state index >= 15 is 0 Å². The summed E-state index contributed by atoms with van der Waals surface area (Å²) in [6, 6.07) is 0. The third-order valence-corrected chi connectivity index (χ3v) is 2.77. The van der Waals surface area contributed by atoms with E-state index in [2.05, 4.69) is 4.90 Å². The van der Waals surface area contributed by atoms with Crippen LogP contribution in [0.5, 0.6) is 0 Å². The molecule has 0 aliphatic carbocycles. The fourth-order valence-corrected chi connectivity index (χ4v) is 1.75. The molecule has 1 aliphatic heterocycles. The van der Waals surface area contributed by atoms with Crippen LogP contribution in [0.2, 0.25) is 0 Å². The summed E-state index contributed by atoms with van der Waals surface area (Å²) in [7, 11) is 1.95. The SMILES string of the molecule is CN1CCC(CC(O)C(F)(F)F)CC1. The summed E-state index contributed by atoms with van der Waals surface area (Å²) in [5.74, 6) is 0.0165. The van der Waals surface area contributed by atoms with E-state index in [1.54, 1.807) is 0 Å². The lowest BCUT2D eigenvalue weighted by molar-refractivity contribution is -0.209. The third kappa shape index (κ3) is 3.46. The van der Waals surface area contributed by atoms with E-state index in [-0.39, 0.29) is 12.3 Å². The molecule has 1 N–H and O–H groups in total. The summed E-state index contributed by atoms with van der Waals surface area (Å²) in [6.45, 7) is 1.66. The number of rotatable bonds is 2. The predicted molar refractivity (Wildman–Crippen MR) is 46.9 cm³/mol. The molecule has 1 rings (SSSR count). The van der Waals surface area contributed by atoms with E-state index < -0.39 is 12.3 Å². The Kier molecular flexibility index (Phi) is 3.78. The number of aliphatic hydroxyl groups excluding tert-OH is 1. The van der Waals surface area contributed by atoms with E-state index in [1.165, 1.54) is 0 Å². The lowest BCUT2D eigenvalue weighted by atomic mass is 9.91. The Morgan fingerprint density at radius 1 is 1.36 bits per heavy atom. The minimum Gasteiger partial charge on any atom is -0.384 e. The number of hydrogen-bond acceptors (Lipinski definition) is 2. The predicted octanol–water partition coefficient (Wildman–Crippen LogP) is 1.64. The van der Waals surface area contributed by atoms with Gasteiger partial charge in [-0.25, -0.2) is 0 Å². The molecule has 84 valence electrons. The Labute approximate surface area is 81.7 Å². The highest BCUT2D eigenvalue weighted by atomic mass is 19.4. The van der Waals surface area contributed by atoms with E-state index in [4.69, 9.17) is 5.11 Å². The first-order valence-electron chi connectivity index (χ1n) is 4.83. The van der Waals surface area contributed by atoms with Crippen LogP contribution in [0.25, 0.3) is 0 Å². The summed E-state index contributed by atoms with van der Waals surface area (Å²) < 4.78 is 36.1. The van der Waals surface area contributed by atoms with Gasteiger partial charge in [-0.2, -0.15) is 13.2 Å². The van der Waals surface area contributed by atoms with E-state index in [9.17, 15) is 13.2 Å². The van der Waals surface area contributed by atoms with Crippen molar-refractivity contribution in [2.45, 2.75) is 31.5 Å². The van der Waals surface area contributed by atoms with Gasteiger partial charge in [0.1, 0.15) is 6.10 Å². The van der Waals surface area contributed by atoms with Crippen molar-refractivity contribution in [2.75, 3.05) is 20.1 Å². The van der Waals surface area contributed by atoms with Crippen LogP contribution in [-0.4, -0.2) is 42.4 Å². The quantitative estimate of drug-likeness (QED) is 0.750. The Hall–Kier alpha value is -0.290. The molecule has 0 amide bonds. The molecule has 0 spiro atoms. The number of hydrogen-bond donors (Lipinski definition) is 1. The van der Waals surface area contributed by atoms with Crippen molar-refractivity contribution in [3.63, 3.8) is 0 Å². The third-order valence-electron chi connectivity index (χ3n) is 2.77. The van der Waals surface area contributed by atoms with Crippen molar-refractivity contribution in [1.82, 2.24) is 4.90 Å². The fourth-order valence-electron chi connectivity index (χ4n) is 1.75. The molecule has 1 aliphatic rings. The molecule has 1 saturated heterocycles. The maximum atomic E-state index is 12.0. The van der Waals surface area contributed by atoms with Crippen molar-refractivity contribution < 1.29 is 18.3 Å². The number of alkyl halides is 3. The molecule has 1 atom stereocenters. The van der Waals surface area contributed by atoms with Gasteiger partial charge in [0.25, 0.3) is 0 Å². The molecule has 5 heteroatoms. The van der Waals surface area contributed by atoms with Crippen LogP contribution < -0.4 is 0 Å². The van der Waals surface area contributed by atoms with Crippen LogP contribution in [0.1, 0.15) is 19.3 Å². The van der Waals surface area contributed by atoms with Crippen LogP contribution in [0.3, 0.4) is 0 Å². The number of nitrogens with zero attached hydrogens (tertiary/aromatic N) is 1. The molecule has 1 unspecified atom stereocenters. The lowest BCUT2D eigenvalue weighted by Crippen LogP contribution is -2.35. The summed E-state index contributed by atoms with van der Waals surface area (Å²) in [6.07, 6.45) is -5.23. The molecule has 0 aromatic rings. The van der Waals surface area contributed by atoms with Crippen LogP contribution in [-0.2, 0) is 0 Å². The topological polar surface area (TPSA) is 23.5 Å². The smallest absolute Gasteiger partial charge is 0.384 e. The van der Waals surface area contributed by atoms with Gasteiger partial charge in [-0.05, 0) is 45.3 Å². The number of piperidine rings is 1. The van der Waals surface area contributed by atoms with E-state index in [0.717, 1.165) is 25.9 Å². The Morgan fingerprint density at radius 2 is 1.86 bits per heavy atom. The van der Waals surface area contributed by atoms with Gasteiger partial charge in [-0.15, -0.1) is 0 Å². The normalized spacial score (nSPS) is 23.8. The first kappa shape index (κ1) is 11.8. The van der Waals surface area contributed by atoms with Gasteiger partial charge in [0.05, 0.1) is 0 Å². The largest absolute Gasteiger partial charge is 0.414 e. The Bertz CT molecular complexity index is 175. The van der Waals surface area contributed by atoms with Gasteiger partial charge in [0.15, 0.2) is 0 Å². The van der Waals surface area contributed by atoms with Crippen molar-refractivity contribution >= 4 is 0 Å². The van der Waals surface area contributed by atoms with Crippen molar-refractivity contribution in [3.8, 4) is 0 Å². The highest BCUT2D eigenvalue weighted by molar-refractivity contribution is 4.75. The van der Waals surface area contributed by atoms with E-state index in [0.29, 0.717) is 0 Å². The highest BCUT2D eigenvalue weighted by Gasteiger charge is 2.39. The van der Waals surface area contributed by atoms with Crippen molar-refractivity contribution in [2.24, 2.45) is 5.92 Å². The second-order valence-corrected chi connectivity index (χ2v) is 4.04. The van der Waals surface area contributed by atoms with Gasteiger partial charge >= 0.3 is 6.18 Å². The standard InChI is InChI=1S/C9H16F3NO/c1-13-4-2-7(3-5-13)6-8(14)9(10,11)12/h7-8,14H,2-6H2,1H3. The maximum absolute atomic E-state index is 12.0. The molecular formula is C9H16F3NO. The first-order chi connectivity index (χ1) is 6.39. The second kappa shape index (κ2) is 4.49. The molecule has 0 radical (unpaired) electrons. The summed E-state index contributed by atoms with van der Waals surface area (Å²) in [4.78, 5) is 2.09. The molecule has 1 heterocycles. The van der Waals surface area contributed by atoms with Crippen molar-refractivity contribution in [3.05, 3.63) is 0 Å². The van der Waals surface area contributed by atoms with Crippen molar-refractivity contribution in [1.29, 1.82) is 0 Å². The Balaban J connectivity index is 2.31. The maximum Gasteiger partial charge on any atom is 0.414 e. The zero-order valence-electron chi connectivity index (χ0n) is 8.22. The fraction of sp³-hybridized carbons (Fsp3) is 1.00. The average Bonchev–Trinajstić information content (AvgIpc) is 2.07. The van der Waals surface area contributed by atoms with Gasteiger partial charge in [-0.3, -0.25) is 0 Å². The summed E-state index contributed by atoms with van der Waals surface area (Å²) in [5.41, 5.74) is 0. The molecule has 2 nitrogen and oxygen atoms in total. The molecule has 1 fully saturated rings. The molecule has 0 bridgehead atoms.